The molecular formula is C16H23N3O3. The van der Waals surface area contributed by atoms with Gasteiger partial charge in [0.15, 0.2) is 0 Å². The molecule has 0 saturated carbocycles. The minimum absolute atomic E-state index is 0.0885. The van der Waals surface area contributed by atoms with Gasteiger partial charge in [-0.1, -0.05) is 18.2 Å². The van der Waals surface area contributed by atoms with Gasteiger partial charge in [0.05, 0.1) is 13.7 Å². The van der Waals surface area contributed by atoms with E-state index in [-0.39, 0.29) is 5.91 Å². The average Bonchev–Trinajstić information content (AvgIpc) is 2.59. The predicted octanol–water partition coefficient (Wildman–Crippen LogP) is 0.128. The molecule has 2 amide bonds. The molecule has 1 aliphatic rings. The summed E-state index contributed by atoms with van der Waals surface area (Å²) < 4.78 is 5.30. The summed E-state index contributed by atoms with van der Waals surface area (Å²) >= 11 is 0. The van der Waals surface area contributed by atoms with Crippen molar-refractivity contribution in [1.29, 1.82) is 0 Å². The van der Waals surface area contributed by atoms with E-state index in [2.05, 4.69) is 5.32 Å². The van der Waals surface area contributed by atoms with Crippen LogP contribution in [0.5, 0.6) is 5.75 Å². The number of benzene rings is 1. The van der Waals surface area contributed by atoms with E-state index < -0.39 is 0 Å². The number of nitrogens with one attached hydrogen (secondary N) is 1. The summed E-state index contributed by atoms with van der Waals surface area (Å²) in [5.74, 6) is 0.964. The largest absolute Gasteiger partial charge is 0.496 e. The third kappa shape index (κ3) is 4.46. The summed E-state index contributed by atoms with van der Waals surface area (Å²) in [6, 6.07) is 7.89. The Morgan fingerprint density at radius 1 is 1.27 bits per heavy atom. The highest BCUT2D eigenvalue weighted by molar-refractivity contribution is 5.78. The second kappa shape index (κ2) is 8.38. The van der Waals surface area contributed by atoms with E-state index in [9.17, 15) is 9.59 Å². The Morgan fingerprint density at radius 3 is 2.68 bits per heavy atom. The Morgan fingerprint density at radius 2 is 2.00 bits per heavy atom. The predicted molar refractivity (Wildman–Crippen MR) is 83.8 cm³/mol. The second-order valence-electron chi connectivity index (χ2n) is 5.26. The molecule has 0 bridgehead atoms. The molecule has 6 heteroatoms. The van der Waals surface area contributed by atoms with Crippen molar-refractivity contribution in [2.24, 2.45) is 0 Å². The van der Waals surface area contributed by atoms with Gasteiger partial charge in [0.2, 0.25) is 12.3 Å². The van der Waals surface area contributed by atoms with Crippen LogP contribution in [0.1, 0.15) is 5.56 Å². The molecule has 0 spiro atoms. The molecule has 1 N–H and O–H groups in total. The first-order chi connectivity index (χ1) is 10.7. The minimum atomic E-state index is 0.0885. The number of rotatable bonds is 7. The number of carbonyl (C=O) groups is 2. The van der Waals surface area contributed by atoms with Crippen LogP contribution >= 0.6 is 0 Å². The van der Waals surface area contributed by atoms with Crippen LogP contribution in [-0.2, 0) is 16.0 Å². The van der Waals surface area contributed by atoms with Crippen LogP contribution in [0.25, 0.3) is 0 Å². The molecule has 0 unspecified atom stereocenters. The van der Waals surface area contributed by atoms with Crippen molar-refractivity contribution < 1.29 is 14.3 Å². The van der Waals surface area contributed by atoms with Crippen LogP contribution in [0.3, 0.4) is 0 Å². The quantitative estimate of drug-likeness (QED) is 0.574. The molecule has 6 nitrogen and oxygen atoms in total. The highest BCUT2D eigenvalue weighted by atomic mass is 16.5. The van der Waals surface area contributed by atoms with Crippen molar-refractivity contribution in [2.45, 2.75) is 6.42 Å². The van der Waals surface area contributed by atoms with Gasteiger partial charge in [0.1, 0.15) is 5.75 Å². The Labute approximate surface area is 131 Å². The fraction of sp³-hybridized carbons (Fsp3) is 0.500. The van der Waals surface area contributed by atoms with E-state index in [0.717, 1.165) is 30.7 Å². The molecule has 1 aromatic carbocycles. The van der Waals surface area contributed by atoms with Gasteiger partial charge in [-0.25, -0.2) is 0 Å². The first kappa shape index (κ1) is 16.3. The standard InChI is InChI=1S/C16H23N3O3/c1-22-15-5-3-2-4-14(15)6-7-17-12-16(21)19-10-8-18(13-20)9-11-19/h2-5,13,17H,6-12H2,1H3. The van der Waals surface area contributed by atoms with Crippen molar-refractivity contribution in [3.8, 4) is 5.75 Å². The monoisotopic (exact) mass is 305 g/mol. The molecular weight excluding hydrogens is 282 g/mol. The van der Waals surface area contributed by atoms with Crippen molar-refractivity contribution in [3.63, 3.8) is 0 Å². The maximum atomic E-state index is 12.1. The van der Waals surface area contributed by atoms with Crippen LogP contribution < -0.4 is 10.1 Å². The first-order valence-corrected chi connectivity index (χ1v) is 7.54. The summed E-state index contributed by atoms with van der Waals surface area (Å²) in [7, 11) is 1.66. The topological polar surface area (TPSA) is 61.9 Å². The molecule has 1 aromatic rings. The van der Waals surface area contributed by atoms with Gasteiger partial charge < -0.3 is 19.9 Å². The van der Waals surface area contributed by atoms with E-state index in [0.29, 0.717) is 32.7 Å². The summed E-state index contributed by atoms with van der Waals surface area (Å²) in [4.78, 5) is 26.2. The van der Waals surface area contributed by atoms with E-state index in [4.69, 9.17) is 4.74 Å². The average molecular weight is 305 g/mol. The molecule has 0 atom stereocenters. The fourth-order valence-corrected chi connectivity index (χ4v) is 2.52. The van der Waals surface area contributed by atoms with Crippen LogP contribution in [0.15, 0.2) is 24.3 Å². The van der Waals surface area contributed by atoms with Gasteiger partial charge in [-0.15, -0.1) is 0 Å². The van der Waals surface area contributed by atoms with E-state index in [1.165, 1.54) is 0 Å². The van der Waals surface area contributed by atoms with E-state index in [1.54, 1.807) is 16.9 Å². The Balaban J connectivity index is 1.68. The van der Waals surface area contributed by atoms with Gasteiger partial charge in [0, 0.05) is 26.2 Å². The van der Waals surface area contributed by atoms with Crippen LogP contribution in [-0.4, -0.2) is 68.5 Å². The lowest BCUT2D eigenvalue weighted by Gasteiger charge is -2.32. The summed E-state index contributed by atoms with van der Waals surface area (Å²) in [6.45, 7) is 3.53. The van der Waals surface area contributed by atoms with Crippen molar-refractivity contribution in [1.82, 2.24) is 15.1 Å². The summed E-state index contributed by atoms with van der Waals surface area (Å²) in [5.41, 5.74) is 1.13. The van der Waals surface area contributed by atoms with Crippen molar-refractivity contribution in [2.75, 3.05) is 46.4 Å². The highest BCUT2D eigenvalue weighted by Crippen LogP contribution is 2.17. The second-order valence-corrected chi connectivity index (χ2v) is 5.26. The number of carbonyl (C=O) groups excluding carboxylic acids is 2. The molecule has 120 valence electrons. The minimum Gasteiger partial charge on any atom is -0.496 e. The van der Waals surface area contributed by atoms with E-state index in [1.807, 2.05) is 24.3 Å². The number of hydrogen-bond acceptors (Lipinski definition) is 4. The fourth-order valence-electron chi connectivity index (χ4n) is 2.52. The lowest BCUT2D eigenvalue weighted by Crippen LogP contribution is -2.50. The Hall–Kier alpha value is -2.08. The smallest absolute Gasteiger partial charge is 0.236 e. The van der Waals surface area contributed by atoms with Crippen LogP contribution in [0.2, 0.25) is 0 Å². The van der Waals surface area contributed by atoms with Crippen LogP contribution in [0.4, 0.5) is 0 Å². The SMILES string of the molecule is COc1ccccc1CCNCC(=O)N1CCN(C=O)CC1. The number of nitrogens with zero attached hydrogens (tertiary/aromatic N) is 2. The van der Waals surface area contributed by atoms with Gasteiger partial charge in [-0.05, 0) is 24.6 Å². The number of piperazine rings is 1. The highest BCUT2D eigenvalue weighted by Gasteiger charge is 2.19. The normalized spacial score (nSPS) is 14.8. The summed E-state index contributed by atoms with van der Waals surface area (Å²) in [5, 5.41) is 3.18. The maximum Gasteiger partial charge on any atom is 0.236 e. The number of para-hydroxylation sites is 1. The van der Waals surface area contributed by atoms with Gasteiger partial charge in [-0.3, -0.25) is 9.59 Å². The Kier molecular flexibility index (Phi) is 6.21. The number of amides is 2. The molecule has 1 saturated heterocycles. The molecule has 1 fully saturated rings. The molecule has 1 heterocycles. The van der Waals surface area contributed by atoms with Gasteiger partial charge in [0.25, 0.3) is 0 Å². The lowest BCUT2D eigenvalue weighted by molar-refractivity contribution is -0.134. The zero-order valence-corrected chi connectivity index (χ0v) is 13.0. The third-order valence-corrected chi connectivity index (χ3v) is 3.86. The number of ether oxygens (including phenoxy) is 1. The molecule has 1 aliphatic heterocycles. The first-order valence-electron chi connectivity index (χ1n) is 7.54. The molecule has 22 heavy (non-hydrogen) atoms. The zero-order chi connectivity index (χ0) is 15.8. The third-order valence-electron chi connectivity index (χ3n) is 3.86. The molecule has 0 aromatic heterocycles. The van der Waals surface area contributed by atoms with Crippen molar-refractivity contribution in [3.05, 3.63) is 29.8 Å². The van der Waals surface area contributed by atoms with E-state index >= 15 is 0 Å². The molecule has 0 radical (unpaired) electrons. The van der Waals surface area contributed by atoms with Gasteiger partial charge in [-0.2, -0.15) is 0 Å². The molecule has 0 aliphatic carbocycles. The molecule has 2 rings (SSSR count). The zero-order valence-electron chi connectivity index (χ0n) is 13.0. The van der Waals surface area contributed by atoms with Crippen molar-refractivity contribution >= 4 is 12.3 Å². The number of hydrogen-bond donors (Lipinski definition) is 1. The summed E-state index contributed by atoms with van der Waals surface area (Å²) in [6.07, 6.45) is 1.66. The van der Waals surface area contributed by atoms with Crippen LogP contribution in [0, 0.1) is 0 Å². The maximum absolute atomic E-state index is 12.1. The Bertz CT molecular complexity index is 499. The number of methoxy groups -OCH3 is 1. The lowest BCUT2D eigenvalue weighted by atomic mass is 10.1. The van der Waals surface area contributed by atoms with Gasteiger partial charge >= 0.3 is 0 Å².